The second kappa shape index (κ2) is 5.68. The summed E-state index contributed by atoms with van der Waals surface area (Å²) in [5.41, 5.74) is 9.42. The van der Waals surface area contributed by atoms with Gasteiger partial charge in [0.2, 0.25) is 5.91 Å². The van der Waals surface area contributed by atoms with Gasteiger partial charge in [-0.3, -0.25) is 4.79 Å². The first-order valence-corrected chi connectivity index (χ1v) is 7.98. The molecule has 3 heterocycles. The summed E-state index contributed by atoms with van der Waals surface area (Å²) < 4.78 is 1.58. The third-order valence-electron chi connectivity index (χ3n) is 4.04. The van der Waals surface area contributed by atoms with Crippen molar-refractivity contribution in [2.75, 3.05) is 11.9 Å². The molecule has 0 atom stereocenters. The Morgan fingerprint density at radius 3 is 3.00 bits per heavy atom. The zero-order chi connectivity index (χ0) is 16.7. The number of amides is 1. The van der Waals surface area contributed by atoms with E-state index in [9.17, 15) is 4.79 Å². The molecule has 24 heavy (non-hydrogen) atoms. The molecule has 3 aromatic rings. The molecule has 0 unspecified atom stereocenters. The first-order chi connectivity index (χ1) is 11.6. The molecule has 7 heteroatoms. The number of nitrogens with two attached hydrogens (primary N) is 1. The van der Waals surface area contributed by atoms with Crippen molar-refractivity contribution < 1.29 is 4.79 Å². The standard InChI is InChI=1S/C17H15N5OS/c18-15(23)7-16(24)22-14-2-1-10(5-13(14)9-21-22)12-6-11-3-4-19-17(11)20-8-12/h1-2,5-9,24H,3-4H2,(H2,18,23)(H,19,20)/b16-7-. The lowest BCUT2D eigenvalue weighted by Gasteiger charge is -2.06. The Labute approximate surface area is 143 Å². The zero-order valence-electron chi connectivity index (χ0n) is 12.7. The molecule has 0 aliphatic carbocycles. The van der Waals surface area contributed by atoms with Gasteiger partial charge < -0.3 is 11.1 Å². The number of primary amides is 1. The quantitative estimate of drug-likeness (QED) is 0.505. The van der Waals surface area contributed by atoms with Crippen LogP contribution >= 0.6 is 12.6 Å². The van der Waals surface area contributed by atoms with Crippen LogP contribution in [0, 0.1) is 0 Å². The van der Waals surface area contributed by atoms with E-state index < -0.39 is 5.91 Å². The summed E-state index contributed by atoms with van der Waals surface area (Å²) >= 11 is 4.28. The van der Waals surface area contributed by atoms with Crippen LogP contribution in [0.15, 0.2) is 42.7 Å². The maximum Gasteiger partial charge on any atom is 0.244 e. The minimum absolute atomic E-state index is 0.385. The second-order valence-electron chi connectivity index (χ2n) is 5.64. The zero-order valence-corrected chi connectivity index (χ0v) is 13.6. The summed E-state index contributed by atoms with van der Waals surface area (Å²) in [6.45, 7) is 0.939. The largest absolute Gasteiger partial charge is 0.370 e. The Bertz CT molecular complexity index is 992. The van der Waals surface area contributed by atoms with E-state index in [2.05, 4.69) is 40.2 Å². The fourth-order valence-corrected chi connectivity index (χ4v) is 3.20. The number of carbonyl (C=O) groups is 1. The number of pyridine rings is 1. The van der Waals surface area contributed by atoms with Gasteiger partial charge in [0, 0.05) is 29.8 Å². The average Bonchev–Trinajstić information content (AvgIpc) is 3.19. The monoisotopic (exact) mass is 337 g/mol. The van der Waals surface area contributed by atoms with Gasteiger partial charge in [0.05, 0.1) is 11.7 Å². The molecule has 0 fully saturated rings. The molecule has 0 bridgehead atoms. The predicted molar refractivity (Wildman–Crippen MR) is 97.6 cm³/mol. The lowest BCUT2D eigenvalue weighted by molar-refractivity contribution is -0.113. The van der Waals surface area contributed by atoms with Gasteiger partial charge in [-0.1, -0.05) is 6.07 Å². The molecule has 3 N–H and O–H groups in total. The molecule has 0 spiro atoms. The molecule has 1 aliphatic heterocycles. The van der Waals surface area contributed by atoms with Gasteiger partial charge in [-0.05, 0) is 35.7 Å². The highest BCUT2D eigenvalue weighted by molar-refractivity contribution is 7.90. The van der Waals surface area contributed by atoms with Gasteiger partial charge in [0.15, 0.2) is 0 Å². The Balaban J connectivity index is 1.76. The van der Waals surface area contributed by atoms with Crippen LogP contribution in [-0.2, 0) is 11.2 Å². The molecular formula is C17H15N5OS. The van der Waals surface area contributed by atoms with Gasteiger partial charge in [-0.25, -0.2) is 9.67 Å². The molecule has 0 radical (unpaired) electrons. The van der Waals surface area contributed by atoms with Crippen molar-refractivity contribution in [2.45, 2.75) is 6.42 Å². The minimum atomic E-state index is -0.557. The van der Waals surface area contributed by atoms with Gasteiger partial charge >= 0.3 is 0 Å². The van der Waals surface area contributed by atoms with E-state index in [1.807, 2.05) is 18.3 Å². The molecule has 0 saturated carbocycles. The molecule has 0 saturated heterocycles. The molecule has 1 aliphatic rings. The topological polar surface area (TPSA) is 85.8 Å². The highest BCUT2D eigenvalue weighted by atomic mass is 32.1. The minimum Gasteiger partial charge on any atom is -0.370 e. The fraction of sp³-hybridized carbons (Fsp3) is 0.118. The summed E-state index contributed by atoms with van der Waals surface area (Å²) in [5, 5.41) is 8.88. The Morgan fingerprint density at radius 1 is 1.29 bits per heavy atom. The Hall–Kier alpha value is -2.80. The predicted octanol–water partition coefficient (Wildman–Crippen LogP) is 2.28. The normalized spacial score (nSPS) is 13.8. The molecular weight excluding hydrogens is 322 g/mol. The summed E-state index contributed by atoms with van der Waals surface area (Å²) in [6.07, 6.45) is 5.85. The highest BCUT2D eigenvalue weighted by Gasteiger charge is 2.13. The van der Waals surface area contributed by atoms with Crippen molar-refractivity contribution in [3.8, 4) is 11.1 Å². The number of aromatic nitrogens is 3. The van der Waals surface area contributed by atoms with Crippen LogP contribution in [0.25, 0.3) is 27.1 Å². The molecule has 2 aromatic heterocycles. The first-order valence-electron chi connectivity index (χ1n) is 7.53. The van der Waals surface area contributed by atoms with E-state index in [1.54, 1.807) is 10.9 Å². The van der Waals surface area contributed by atoms with Crippen LogP contribution in [0.3, 0.4) is 0 Å². The van der Waals surface area contributed by atoms with Crippen molar-refractivity contribution in [1.82, 2.24) is 14.8 Å². The maximum absolute atomic E-state index is 11.0. The van der Waals surface area contributed by atoms with Crippen LogP contribution in [0.4, 0.5) is 5.82 Å². The van der Waals surface area contributed by atoms with Crippen LogP contribution < -0.4 is 11.1 Å². The van der Waals surface area contributed by atoms with E-state index in [-0.39, 0.29) is 0 Å². The number of rotatable bonds is 3. The second-order valence-corrected chi connectivity index (χ2v) is 6.10. The maximum atomic E-state index is 11.0. The van der Waals surface area contributed by atoms with E-state index >= 15 is 0 Å². The van der Waals surface area contributed by atoms with Crippen molar-refractivity contribution in [2.24, 2.45) is 5.73 Å². The average molecular weight is 337 g/mol. The SMILES string of the molecule is NC(=O)/C=C(\S)n1ncc2cc(-c3cnc4c(c3)CCN4)ccc21. The number of nitrogens with zero attached hydrogens (tertiary/aromatic N) is 3. The van der Waals surface area contributed by atoms with E-state index in [0.717, 1.165) is 40.8 Å². The molecule has 4 rings (SSSR count). The number of hydrogen-bond donors (Lipinski definition) is 3. The van der Waals surface area contributed by atoms with Crippen molar-refractivity contribution in [3.63, 3.8) is 0 Å². The van der Waals surface area contributed by atoms with Crippen LogP contribution in [0.2, 0.25) is 0 Å². The van der Waals surface area contributed by atoms with E-state index in [0.29, 0.717) is 5.03 Å². The smallest absolute Gasteiger partial charge is 0.244 e. The highest BCUT2D eigenvalue weighted by Crippen LogP contribution is 2.29. The fourth-order valence-electron chi connectivity index (χ4n) is 2.92. The molecule has 6 nitrogen and oxygen atoms in total. The van der Waals surface area contributed by atoms with Crippen molar-refractivity contribution >= 4 is 40.3 Å². The number of anilines is 1. The molecule has 1 aromatic carbocycles. The third-order valence-corrected chi connectivity index (χ3v) is 4.36. The summed E-state index contributed by atoms with van der Waals surface area (Å²) in [6, 6.07) is 8.19. The van der Waals surface area contributed by atoms with Crippen LogP contribution in [0.1, 0.15) is 5.56 Å². The Kier molecular flexibility index (Phi) is 3.50. The van der Waals surface area contributed by atoms with Gasteiger partial charge in [-0.2, -0.15) is 5.10 Å². The lowest BCUT2D eigenvalue weighted by Crippen LogP contribution is -2.08. The summed E-state index contributed by atoms with van der Waals surface area (Å²) in [5.74, 6) is 0.419. The lowest BCUT2D eigenvalue weighted by atomic mass is 10.0. The number of benzene rings is 1. The third kappa shape index (κ3) is 2.52. The number of hydrogen-bond acceptors (Lipinski definition) is 5. The number of thiol groups is 1. The van der Waals surface area contributed by atoms with Crippen molar-refractivity contribution in [3.05, 3.63) is 48.3 Å². The summed E-state index contributed by atoms with van der Waals surface area (Å²) in [7, 11) is 0. The van der Waals surface area contributed by atoms with Crippen molar-refractivity contribution in [1.29, 1.82) is 0 Å². The van der Waals surface area contributed by atoms with Crippen LogP contribution in [-0.4, -0.2) is 27.2 Å². The number of carbonyl (C=O) groups excluding carboxylic acids is 1. The van der Waals surface area contributed by atoms with Gasteiger partial charge in [0.25, 0.3) is 0 Å². The summed E-state index contributed by atoms with van der Waals surface area (Å²) in [4.78, 5) is 15.5. The number of fused-ring (bicyclic) bond motifs is 2. The number of nitrogens with one attached hydrogen (secondary N) is 1. The van der Waals surface area contributed by atoms with Gasteiger partial charge in [-0.15, -0.1) is 12.6 Å². The van der Waals surface area contributed by atoms with Crippen LogP contribution in [0.5, 0.6) is 0 Å². The molecule has 120 valence electrons. The first kappa shape index (κ1) is 14.8. The van der Waals surface area contributed by atoms with E-state index in [4.69, 9.17) is 5.73 Å². The molecule has 1 amide bonds. The van der Waals surface area contributed by atoms with E-state index in [1.165, 1.54) is 11.6 Å². The van der Waals surface area contributed by atoms with Gasteiger partial charge in [0.1, 0.15) is 10.8 Å². The Morgan fingerprint density at radius 2 is 2.17 bits per heavy atom.